The van der Waals surface area contributed by atoms with E-state index >= 15 is 0 Å². The number of alkyl halides is 3. The number of aromatic nitrogens is 2. The van der Waals surface area contributed by atoms with Crippen molar-refractivity contribution < 1.29 is 45.8 Å². The van der Waals surface area contributed by atoms with Gasteiger partial charge in [0, 0.05) is 54.0 Å². The first-order valence-electron chi connectivity index (χ1n) is 12.0. The van der Waals surface area contributed by atoms with Crippen molar-refractivity contribution in [3.05, 3.63) is 70.2 Å². The minimum absolute atomic E-state index is 0.389. The molecule has 2 aliphatic rings. The van der Waals surface area contributed by atoms with Crippen molar-refractivity contribution in [2.75, 3.05) is 19.7 Å². The molecule has 3 heterocycles. The van der Waals surface area contributed by atoms with Crippen LogP contribution in [0.3, 0.4) is 0 Å². The number of rotatable bonds is 3. The molecule has 7 nitrogen and oxygen atoms in total. The van der Waals surface area contributed by atoms with Gasteiger partial charge in [-0.15, -0.1) is 0 Å². The Hall–Kier alpha value is -4.03. The van der Waals surface area contributed by atoms with Crippen LogP contribution in [-0.4, -0.2) is 58.0 Å². The molecule has 13 heteroatoms. The highest BCUT2D eigenvalue weighted by atomic mass is 19.4. The van der Waals surface area contributed by atoms with Gasteiger partial charge in [-0.2, -0.15) is 18.3 Å². The Bertz CT molecular complexity index is 1370. The number of amides is 1. The zero-order valence-electron chi connectivity index (χ0n) is 20.4. The molecule has 0 saturated carbocycles. The molecule has 0 atom stereocenters. The standard InChI is InChI=1S/C24H22F3N3O2.C2HF3O2/c25-16-11-19(26)18(20(27)12-16)13-23(31)30-7-5-17-21(6-8-30)28-29-24(17)15-3-4-22-14(10-15)2-1-9-32-22;3-2(4,5)1(6)7/h3-4,10-12H,1-2,5-9,13H2,(H,28,29);(H,6,7). The molecule has 0 saturated heterocycles. The first-order chi connectivity index (χ1) is 18.4. The lowest BCUT2D eigenvalue weighted by Crippen LogP contribution is -2.35. The lowest BCUT2D eigenvalue weighted by Gasteiger charge is -2.21. The Morgan fingerprint density at radius 2 is 1.69 bits per heavy atom. The van der Waals surface area contributed by atoms with Crippen LogP contribution in [0.5, 0.6) is 5.75 Å². The number of carbonyl (C=O) groups excluding carboxylic acids is 1. The number of carbonyl (C=O) groups is 2. The summed E-state index contributed by atoms with van der Waals surface area (Å²) in [6.07, 6.45) is -2.43. The maximum absolute atomic E-state index is 14.0. The van der Waals surface area contributed by atoms with Crippen LogP contribution in [0.4, 0.5) is 26.3 Å². The van der Waals surface area contributed by atoms with Crippen LogP contribution in [0, 0.1) is 17.5 Å². The van der Waals surface area contributed by atoms with Crippen molar-refractivity contribution in [1.82, 2.24) is 15.1 Å². The summed E-state index contributed by atoms with van der Waals surface area (Å²) < 4.78 is 78.5. The first-order valence-corrected chi connectivity index (χ1v) is 12.0. The summed E-state index contributed by atoms with van der Waals surface area (Å²) in [4.78, 5) is 23.3. The average molecular weight is 555 g/mol. The third-order valence-electron chi connectivity index (χ3n) is 6.43. The highest BCUT2D eigenvalue weighted by Crippen LogP contribution is 2.32. The summed E-state index contributed by atoms with van der Waals surface area (Å²) in [6.45, 7) is 1.56. The van der Waals surface area contributed by atoms with Crippen molar-refractivity contribution in [1.29, 1.82) is 0 Å². The number of hydrogen-bond donors (Lipinski definition) is 2. The van der Waals surface area contributed by atoms with Crippen LogP contribution in [0.25, 0.3) is 11.3 Å². The van der Waals surface area contributed by atoms with Crippen LogP contribution < -0.4 is 4.74 Å². The number of aliphatic carboxylic acids is 1. The molecular formula is C26H23F6N3O4. The van der Waals surface area contributed by atoms with E-state index in [0.29, 0.717) is 38.1 Å². The van der Waals surface area contributed by atoms with Crippen molar-refractivity contribution >= 4 is 11.9 Å². The molecule has 0 aliphatic carbocycles. The van der Waals surface area contributed by atoms with E-state index in [0.717, 1.165) is 47.7 Å². The SMILES string of the molecule is O=C(Cc1c(F)cc(F)cc1F)N1CCc2[nH]nc(-c3ccc4c(c3)CCCO4)c2CC1.O=C(O)C(F)(F)F. The minimum atomic E-state index is -5.08. The number of hydrogen-bond acceptors (Lipinski definition) is 4. The molecule has 5 rings (SSSR count). The molecular weight excluding hydrogens is 532 g/mol. The summed E-state index contributed by atoms with van der Waals surface area (Å²) in [6, 6.07) is 7.28. The topological polar surface area (TPSA) is 95.5 Å². The number of fused-ring (bicyclic) bond motifs is 2. The van der Waals surface area contributed by atoms with Crippen molar-refractivity contribution in [2.45, 2.75) is 38.3 Å². The van der Waals surface area contributed by atoms with E-state index in [4.69, 9.17) is 14.6 Å². The number of aryl methyl sites for hydroxylation is 1. The Balaban J connectivity index is 0.000000448. The van der Waals surface area contributed by atoms with Gasteiger partial charge in [-0.05, 0) is 43.0 Å². The van der Waals surface area contributed by atoms with E-state index < -0.39 is 41.6 Å². The summed E-state index contributed by atoms with van der Waals surface area (Å²) in [5, 5.41) is 14.7. The zero-order chi connectivity index (χ0) is 28.3. The quantitative estimate of drug-likeness (QED) is 0.460. The van der Waals surface area contributed by atoms with Crippen LogP contribution in [0.1, 0.15) is 28.8 Å². The Morgan fingerprint density at radius 1 is 1.03 bits per heavy atom. The summed E-state index contributed by atoms with van der Waals surface area (Å²) >= 11 is 0. The fourth-order valence-electron chi connectivity index (χ4n) is 4.48. The predicted octanol–water partition coefficient (Wildman–Crippen LogP) is 4.62. The van der Waals surface area contributed by atoms with Crippen molar-refractivity contribution in [3.8, 4) is 17.0 Å². The molecule has 2 aliphatic heterocycles. The van der Waals surface area contributed by atoms with Gasteiger partial charge < -0.3 is 14.7 Å². The fourth-order valence-corrected chi connectivity index (χ4v) is 4.48. The van der Waals surface area contributed by atoms with Crippen LogP contribution in [-0.2, 0) is 35.3 Å². The van der Waals surface area contributed by atoms with Crippen LogP contribution >= 0.6 is 0 Å². The molecule has 0 fully saturated rings. The summed E-state index contributed by atoms with van der Waals surface area (Å²) in [7, 11) is 0. The van der Waals surface area contributed by atoms with Gasteiger partial charge >= 0.3 is 12.1 Å². The molecule has 208 valence electrons. The van der Waals surface area contributed by atoms with Gasteiger partial charge in [-0.1, -0.05) is 0 Å². The Kier molecular flexibility index (Phi) is 8.17. The van der Waals surface area contributed by atoms with Gasteiger partial charge in [-0.3, -0.25) is 9.89 Å². The molecule has 3 aromatic rings. The number of aromatic amines is 1. The van der Waals surface area contributed by atoms with Crippen LogP contribution in [0.2, 0.25) is 0 Å². The summed E-state index contributed by atoms with van der Waals surface area (Å²) in [5.74, 6) is -5.32. The molecule has 39 heavy (non-hydrogen) atoms. The maximum Gasteiger partial charge on any atom is 0.490 e. The van der Waals surface area contributed by atoms with Gasteiger partial charge in [-0.25, -0.2) is 18.0 Å². The van der Waals surface area contributed by atoms with Crippen molar-refractivity contribution in [2.24, 2.45) is 0 Å². The van der Waals surface area contributed by atoms with Crippen LogP contribution in [0.15, 0.2) is 30.3 Å². The second kappa shape index (κ2) is 11.4. The van der Waals surface area contributed by atoms with Crippen molar-refractivity contribution in [3.63, 3.8) is 0 Å². The highest BCUT2D eigenvalue weighted by Gasteiger charge is 2.38. The minimum Gasteiger partial charge on any atom is -0.493 e. The second-order valence-corrected chi connectivity index (χ2v) is 9.01. The lowest BCUT2D eigenvalue weighted by atomic mass is 9.98. The number of H-pyrrole nitrogens is 1. The highest BCUT2D eigenvalue weighted by molar-refractivity contribution is 5.79. The largest absolute Gasteiger partial charge is 0.493 e. The van der Waals surface area contributed by atoms with Gasteiger partial charge in [0.1, 0.15) is 23.2 Å². The fraction of sp³-hybridized carbons (Fsp3) is 0.346. The number of nitrogens with zero attached hydrogens (tertiary/aromatic N) is 2. The van der Waals surface area contributed by atoms with E-state index in [1.807, 2.05) is 12.1 Å². The van der Waals surface area contributed by atoms with E-state index in [-0.39, 0.29) is 5.91 Å². The molecule has 0 radical (unpaired) electrons. The van der Waals surface area contributed by atoms with Gasteiger partial charge in [0.25, 0.3) is 0 Å². The number of benzene rings is 2. The monoisotopic (exact) mass is 555 g/mol. The normalized spacial score (nSPS) is 14.8. The zero-order valence-corrected chi connectivity index (χ0v) is 20.4. The molecule has 0 spiro atoms. The van der Waals surface area contributed by atoms with Gasteiger partial charge in [0.2, 0.25) is 5.91 Å². The molecule has 2 aromatic carbocycles. The number of carboxylic acid groups (broad SMARTS) is 1. The maximum atomic E-state index is 14.0. The Morgan fingerprint density at radius 3 is 2.36 bits per heavy atom. The smallest absolute Gasteiger partial charge is 0.490 e. The second-order valence-electron chi connectivity index (χ2n) is 9.01. The van der Waals surface area contributed by atoms with E-state index in [2.05, 4.69) is 16.3 Å². The number of carboxylic acids is 1. The first kappa shape index (κ1) is 28.0. The van der Waals surface area contributed by atoms with E-state index in [9.17, 15) is 31.1 Å². The number of nitrogens with one attached hydrogen (secondary N) is 1. The third-order valence-corrected chi connectivity index (χ3v) is 6.43. The summed E-state index contributed by atoms with van der Waals surface area (Å²) in [5.41, 5.74) is 4.64. The predicted molar refractivity (Wildman–Crippen MR) is 126 cm³/mol. The molecule has 0 unspecified atom stereocenters. The Labute approximate surface area is 218 Å². The van der Waals surface area contributed by atoms with Gasteiger partial charge in [0.05, 0.1) is 18.7 Å². The third kappa shape index (κ3) is 6.52. The van der Waals surface area contributed by atoms with E-state index in [1.165, 1.54) is 5.56 Å². The van der Waals surface area contributed by atoms with E-state index in [1.54, 1.807) is 4.90 Å². The molecule has 2 N–H and O–H groups in total. The number of halogens is 6. The molecule has 1 amide bonds. The molecule has 0 bridgehead atoms. The molecule has 1 aromatic heterocycles. The average Bonchev–Trinajstić information content (AvgIpc) is 3.16. The number of ether oxygens (including phenoxy) is 1. The lowest BCUT2D eigenvalue weighted by molar-refractivity contribution is -0.192. The van der Waals surface area contributed by atoms with Gasteiger partial charge in [0.15, 0.2) is 0 Å².